The molecule has 0 spiro atoms. The Kier molecular flexibility index (Phi) is 23.3. The summed E-state index contributed by atoms with van der Waals surface area (Å²) in [6, 6.07) is 8.52. The Morgan fingerprint density at radius 1 is 0.500 bits per heavy atom. The van der Waals surface area contributed by atoms with Gasteiger partial charge in [0.05, 0.1) is 0 Å². The summed E-state index contributed by atoms with van der Waals surface area (Å²) in [6.07, 6.45) is 0.498. The minimum absolute atomic E-state index is 0. The molecule has 0 unspecified atom stereocenters. The molecule has 0 radical (unpaired) electrons. The maximum atomic E-state index is 11.2. The molecule has 10 nitrogen and oxygen atoms in total. The molecule has 2 aromatic carbocycles. The first kappa shape index (κ1) is 52.8. The van der Waals surface area contributed by atoms with Crippen molar-refractivity contribution in [3.8, 4) is 11.5 Å². The molecular formula is C29H44Ca3O10P2. The van der Waals surface area contributed by atoms with Gasteiger partial charge < -0.3 is 48.7 Å². The smallest absolute Gasteiger partial charge is 0.822 e. The van der Waals surface area contributed by atoms with Gasteiger partial charge in [-0.15, -0.1) is 0 Å². The Balaban J connectivity index is -0.000000533. The van der Waals surface area contributed by atoms with Crippen molar-refractivity contribution in [3.05, 3.63) is 57.6 Å². The quantitative estimate of drug-likeness (QED) is 0.331. The Morgan fingerprint density at radius 2 is 0.705 bits per heavy atom. The molecule has 0 atom stereocenters. The zero-order chi connectivity index (χ0) is 33.2. The van der Waals surface area contributed by atoms with E-state index in [1.807, 2.05) is 0 Å². The van der Waals surface area contributed by atoms with Crippen molar-refractivity contribution in [2.45, 2.75) is 111 Å². The number of hydrogen-bond donors (Lipinski definition) is 2. The van der Waals surface area contributed by atoms with Crippen LogP contribution < -0.4 is 29.4 Å². The Bertz CT molecular complexity index is 1180. The third-order valence-electron chi connectivity index (χ3n) is 6.11. The first-order valence-corrected chi connectivity index (χ1v) is 15.8. The van der Waals surface area contributed by atoms with Gasteiger partial charge in [-0.25, -0.2) is 0 Å². The largest absolute Gasteiger partial charge is 2.00 e. The first-order valence-electron chi connectivity index (χ1n) is 12.9. The number of phenols is 2. The van der Waals surface area contributed by atoms with E-state index in [0.717, 1.165) is 22.3 Å². The molecule has 0 fully saturated rings. The maximum Gasteiger partial charge on any atom is 2.00 e. The van der Waals surface area contributed by atoms with Gasteiger partial charge in [0.1, 0.15) is 11.5 Å². The third-order valence-corrected chi connectivity index (χ3v) is 6.11. The molecule has 44 heavy (non-hydrogen) atoms. The van der Waals surface area contributed by atoms with Crippen LogP contribution in [0.15, 0.2) is 24.3 Å². The second-order valence-corrected chi connectivity index (χ2v) is 15.9. The molecule has 0 amide bonds. The zero-order valence-electron chi connectivity index (χ0n) is 28.2. The van der Waals surface area contributed by atoms with Crippen molar-refractivity contribution in [2.75, 3.05) is 0 Å². The van der Waals surface area contributed by atoms with Crippen LogP contribution in [0.3, 0.4) is 0 Å². The van der Waals surface area contributed by atoms with Gasteiger partial charge in [-0.2, -0.15) is 15.6 Å². The van der Waals surface area contributed by atoms with Crippen LogP contribution in [-0.2, 0) is 37.2 Å². The van der Waals surface area contributed by atoms with E-state index in [-0.39, 0.29) is 135 Å². The van der Waals surface area contributed by atoms with E-state index in [1.54, 1.807) is 0 Å². The molecule has 2 rings (SSSR count). The molecule has 15 heteroatoms. The van der Waals surface area contributed by atoms with Crippen LogP contribution in [0.4, 0.5) is 0 Å². The zero-order valence-corrected chi connectivity index (χ0v) is 36.6. The Hall–Kier alpha value is 2.04. The summed E-state index contributed by atoms with van der Waals surface area (Å²) in [4.78, 5) is 51.3. The number of rotatable bonds is 2. The summed E-state index contributed by atoms with van der Waals surface area (Å²) in [5.74, 6) is 0.691. The summed E-state index contributed by atoms with van der Waals surface area (Å²) in [5.41, 5.74) is 5.65. The third kappa shape index (κ3) is 21.2. The minimum atomic E-state index is -5.39. The van der Waals surface area contributed by atoms with Crippen molar-refractivity contribution in [1.82, 2.24) is 0 Å². The second kappa shape index (κ2) is 19.4. The van der Waals surface area contributed by atoms with Crippen molar-refractivity contribution < 1.29 is 48.7 Å². The van der Waals surface area contributed by atoms with Gasteiger partial charge in [0.25, 0.3) is 0 Å². The average Bonchev–Trinajstić information content (AvgIpc) is 2.64. The van der Waals surface area contributed by atoms with Gasteiger partial charge >= 0.3 is 113 Å². The summed E-state index contributed by atoms with van der Waals surface area (Å²) >= 11 is 0. The van der Waals surface area contributed by atoms with E-state index in [1.165, 1.54) is 11.1 Å². The van der Waals surface area contributed by atoms with Gasteiger partial charge in [-0.1, -0.05) is 107 Å². The average molecular weight is 735 g/mol. The van der Waals surface area contributed by atoms with Gasteiger partial charge in [-0.05, 0) is 55.0 Å². The molecule has 0 saturated heterocycles. The standard InChI is InChI=1S/C29H44O2.3Ca.2H3O4P/c1-26(2,3)20-14-18(24(30)22(16-20)28(7,8)9)13-19-15-21(27(4,5)6)17-23(25(19)31)29(10,11)12;;;;2*1-5(2,3)4/h14-17,30-31H,13H2,1-12H3;;;;2*(H3,1,2,3,4)/q;3*+2;;/p-6. The van der Waals surface area contributed by atoms with E-state index >= 15 is 0 Å². The Labute approximate surface area is 353 Å². The van der Waals surface area contributed by atoms with E-state index in [9.17, 15) is 10.2 Å². The maximum absolute atomic E-state index is 11.2. The van der Waals surface area contributed by atoms with Crippen LogP contribution in [0, 0.1) is 0 Å². The number of phosphoric acid groups is 2. The Morgan fingerprint density at radius 3 is 0.864 bits per heavy atom. The van der Waals surface area contributed by atoms with E-state index in [4.69, 9.17) is 38.5 Å². The molecule has 236 valence electrons. The SMILES string of the molecule is CC(C)(C)c1cc(Cc2cc(C(C)(C)C)cc(C(C)(C)C)c2O)c(O)c(C(C)(C)C)c1.O=P([O-])([O-])[O-].O=P([O-])([O-])[O-].[Ca+2].[Ca+2].[Ca+2]. The predicted octanol–water partition coefficient (Wildman–Crippen LogP) is 1.09. The number of phenolic OH excluding ortho intramolecular Hbond substituents is 2. The van der Waals surface area contributed by atoms with Crippen LogP contribution >= 0.6 is 15.6 Å². The molecule has 2 N–H and O–H groups in total. The van der Waals surface area contributed by atoms with Crippen molar-refractivity contribution >= 4 is 129 Å². The molecule has 0 aliphatic carbocycles. The van der Waals surface area contributed by atoms with Crippen molar-refractivity contribution in [1.29, 1.82) is 0 Å². The summed E-state index contributed by atoms with van der Waals surface area (Å²) in [6.45, 7) is 26.0. The molecule has 0 heterocycles. The molecule has 2 aromatic rings. The number of hydrogen-bond acceptors (Lipinski definition) is 10. The van der Waals surface area contributed by atoms with Gasteiger partial charge in [0.2, 0.25) is 0 Å². The normalized spacial score (nSPS) is 12.2. The topological polar surface area (TPSA) is 213 Å². The summed E-state index contributed by atoms with van der Waals surface area (Å²) in [7, 11) is -10.8. The van der Waals surface area contributed by atoms with Crippen LogP contribution in [0.2, 0.25) is 0 Å². The number of benzene rings is 2. The van der Waals surface area contributed by atoms with Gasteiger partial charge in [0.15, 0.2) is 0 Å². The number of aromatic hydroxyl groups is 2. The van der Waals surface area contributed by atoms with Gasteiger partial charge in [0, 0.05) is 6.42 Å². The first-order chi connectivity index (χ1) is 17.7. The fraction of sp³-hybridized carbons (Fsp3) is 0.586. The minimum Gasteiger partial charge on any atom is -0.822 e. The van der Waals surface area contributed by atoms with E-state index in [0.29, 0.717) is 17.9 Å². The molecule has 0 aromatic heterocycles. The van der Waals surface area contributed by atoms with E-state index in [2.05, 4.69) is 107 Å². The fourth-order valence-corrected chi connectivity index (χ4v) is 3.87. The second-order valence-electron chi connectivity index (χ2n) is 14.1. The molecule has 0 aliphatic heterocycles. The van der Waals surface area contributed by atoms with Gasteiger partial charge in [-0.3, -0.25) is 0 Å². The van der Waals surface area contributed by atoms with Crippen LogP contribution in [0.1, 0.15) is 116 Å². The molecule has 0 saturated carbocycles. The molecular weight excluding hydrogens is 690 g/mol. The van der Waals surface area contributed by atoms with Crippen molar-refractivity contribution in [2.24, 2.45) is 0 Å². The van der Waals surface area contributed by atoms with Crippen LogP contribution in [-0.4, -0.2) is 123 Å². The van der Waals surface area contributed by atoms with Crippen LogP contribution in [0.25, 0.3) is 0 Å². The molecule has 0 aliphatic rings. The van der Waals surface area contributed by atoms with Crippen molar-refractivity contribution in [3.63, 3.8) is 0 Å². The summed E-state index contributed by atoms with van der Waals surface area (Å²) < 4.78 is 17.1. The fourth-order valence-electron chi connectivity index (χ4n) is 3.87. The monoisotopic (exact) mass is 734 g/mol. The van der Waals surface area contributed by atoms with E-state index < -0.39 is 15.6 Å². The summed E-state index contributed by atoms with van der Waals surface area (Å²) in [5, 5.41) is 22.5. The predicted molar refractivity (Wildman–Crippen MR) is 166 cm³/mol. The molecule has 0 bridgehead atoms. The van der Waals surface area contributed by atoms with Crippen LogP contribution in [0.5, 0.6) is 11.5 Å².